The van der Waals surface area contributed by atoms with Crippen molar-refractivity contribution in [2.45, 2.75) is 70.3 Å². The number of aromatic nitrogens is 1. The summed E-state index contributed by atoms with van der Waals surface area (Å²) in [7, 11) is 0. The van der Waals surface area contributed by atoms with Crippen LogP contribution in [0.2, 0.25) is 0 Å². The standard InChI is InChI=1S/C16H26N2O2S/c1-12(2)15-18-13(10-21-15)9-14(19)17-11-16(20)7-5-3-4-6-8-16/h10,12,20H,3-9,11H2,1-2H3,(H,17,19). The van der Waals surface area contributed by atoms with Gasteiger partial charge in [0.25, 0.3) is 0 Å². The van der Waals surface area contributed by atoms with Crippen LogP contribution in [0.1, 0.15) is 69.0 Å². The SMILES string of the molecule is CC(C)c1nc(CC(=O)NCC2(O)CCCCCC2)cs1. The summed E-state index contributed by atoms with van der Waals surface area (Å²) in [6.45, 7) is 4.57. The van der Waals surface area contributed by atoms with Crippen LogP contribution in [0.5, 0.6) is 0 Å². The number of carbonyl (C=O) groups is 1. The monoisotopic (exact) mass is 310 g/mol. The molecule has 1 saturated carbocycles. The predicted molar refractivity (Wildman–Crippen MR) is 85.6 cm³/mol. The van der Waals surface area contributed by atoms with Gasteiger partial charge in [0.2, 0.25) is 5.91 Å². The number of hydrogen-bond donors (Lipinski definition) is 2. The lowest BCUT2D eigenvalue weighted by atomic mass is 9.94. The molecule has 1 amide bonds. The maximum atomic E-state index is 12.0. The molecule has 118 valence electrons. The van der Waals surface area contributed by atoms with Gasteiger partial charge in [0.15, 0.2) is 0 Å². The van der Waals surface area contributed by atoms with Gasteiger partial charge in [-0.05, 0) is 12.8 Å². The molecule has 5 heteroatoms. The van der Waals surface area contributed by atoms with E-state index in [-0.39, 0.29) is 5.91 Å². The van der Waals surface area contributed by atoms with E-state index in [2.05, 4.69) is 24.1 Å². The third kappa shape index (κ3) is 5.08. The largest absolute Gasteiger partial charge is 0.388 e. The van der Waals surface area contributed by atoms with E-state index in [4.69, 9.17) is 0 Å². The van der Waals surface area contributed by atoms with Crippen LogP contribution in [0.15, 0.2) is 5.38 Å². The predicted octanol–water partition coefficient (Wildman–Crippen LogP) is 3.01. The summed E-state index contributed by atoms with van der Waals surface area (Å²) in [6.07, 6.45) is 6.37. The summed E-state index contributed by atoms with van der Waals surface area (Å²) in [4.78, 5) is 16.5. The van der Waals surface area contributed by atoms with E-state index in [1.807, 2.05) is 5.38 Å². The molecule has 0 aromatic carbocycles. The van der Waals surface area contributed by atoms with Crippen molar-refractivity contribution in [3.8, 4) is 0 Å². The molecular formula is C16H26N2O2S. The first kappa shape index (κ1) is 16.4. The second kappa shape index (κ2) is 7.36. The number of thiazole rings is 1. The van der Waals surface area contributed by atoms with Gasteiger partial charge in [0.05, 0.1) is 22.7 Å². The smallest absolute Gasteiger partial charge is 0.226 e. The molecular weight excluding hydrogens is 284 g/mol. The molecule has 1 aromatic rings. The van der Waals surface area contributed by atoms with E-state index in [1.165, 1.54) is 12.8 Å². The minimum atomic E-state index is -0.711. The second-order valence-corrected chi connectivity index (χ2v) is 7.31. The van der Waals surface area contributed by atoms with Gasteiger partial charge in [-0.2, -0.15) is 0 Å². The van der Waals surface area contributed by atoms with Crippen LogP contribution >= 0.6 is 11.3 Å². The van der Waals surface area contributed by atoms with Crippen LogP contribution in [0, 0.1) is 0 Å². The molecule has 2 N–H and O–H groups in total. The fourth-order valence-electron chi connectivity index (χ4n) is 2.72. The van der Waals surface area contributed by atoms with Gasteiger partial charge >= 0.3 is 0 Å². The van der Waals surface area contributed by atoms with Crippen LogP contribution in [0.3, 0.4) is 0 Å². The molecule has 0 aliphatic heterocycles. The van der Waals surface area contributed by atoms with Crippen molar-refractivity contribution in [1.82, 2.24) is 10.3 Å². The van der Waals surface area contributed by atoms with Crippen molar-refractivity contribution < 1.29 is 9.90 Å². The van der Waals surface area contributed by atoms with Crippen molar-refractivity contribution in [2.75, 3.05) is 6.54 Å². The van der Waals surface area contributed by atoms with Crippen molar-refractivity contribution in [3.63, 3.8) is 0 Å². The molecule has 0 saturated heterocycles. The van der Waals surface area contributed by atoms with E-state index in [0.29, 0.717) is 18.9 Å². The minimum absolute atomic E-state index is 0.0479. The second-order valence-electron chi connectivity index (χ2n) is 6.42. The summed E-state index contributed by atoms with van der Waals surface area (Å²) >= 11 is 1.61. The Balaban J connectivity index is 1.80. The van der Waals surface area contributed by atoms with E-state index in [9.17, 15) is 9.90 Å². The first-order valence-electron chi connectivity index (χ1n) is 7.92. The van der Waals surface area contributed by atoms with Crippen LogP contribution in [0.4, 0.5) is 0 Å². The zero-order valence-corrected chi connectivity index (χ0v) is 13.8. The van der Waals surface area contributed by atoms with Crippen molar-refractivity contribution in [3.05, 3.63) is 16.1 Å². The van der Waals surface area contributed by atoms with E-state index < -0.39 is 5.60 Å². The number of rotatable bonds is 5. The number of nitrogens with zero attached hydrogens (tertiary/aromatic N) is 1. The molecule has 2 rings (SSSR count). The molecule has 0 spiro atoms. The number of aliphatic hydroxyl groups is 1. The Morgan fingerprint density at radius 3 is 2.62 bits per heavy atom. The third-order valence-electron chi connectivity index (χ3n) is 4.05. The van der Waals surface area contributed by atoms with Gasteiger partial charge in [-0.25, -0.2) is 4.98 Å². The molecule has 0 bridgehead atoms. The number of nitrogens with one attached hydrogen (secondary N) is 1. The number of hydrogen-bond acceptors (Lipinski definition) is 4. The average Bonchev–Trinajstić information content (AvgIpc) is 2.79. The van der Waals surface area contributed by atoms with Gasteiger partial charge < -0.3 is 10.4 Å². The van der Waals surface area contributed by atoms with Gasteiger partial charge in [-0.15, -0.1) is 11.3 Å². The Labute approximate surface area is 131 Å². The Bertz CT molecular complexity index is 463. The van der Waals surface area contributed by atoms with Crippen molar-refractivity contribution in [1.29, 1.82) is 0 Å². The van der Waals surface area contributed by atoms with E-state index in [1.54, 1.807) is 11.3 Å². The van der Waals surface area contributed by atoms with E-state index >= 15 is 0 Å². The molecule has 21 heavy (non-hydrogen) atoms. The lowest BCUT2D eigenvalue weighted by Gasteiger charge is -2.26. The average molecular weight is 310 g/mol. The number of amides is 1. The van der Waals surface area contributed by atoms with Gasteiger partial charge in [0.1, 0.15) is 0 Å². The quantitative estimate of drug-likeness (QED) is 0.822. The van der Waals surface area contributed by atoms with Crippen LogP contribution < -0.4 is 5.32 Å². The molecule has 1 heterocycles. The Kier molecular flexibility index (Phi) is 5.76. The summed E-state index contributed by atoms with van der Waals surface area (Å²) in [6, 6.07) is 0. The van der Waals surface area contributed by atoms with Crippen molar-refractivity contribution in [2.24, 2.45) is 0 Å². The Morgan fingerprint density at radius 2 is 2.05 bits per heavy atom. The summed E-state index contributed by atoms with van der Waals surface area (Å²) in [5.41, 5.74) is 0.117. The van der Waals surface area contributed by atoms with Gasteiger partial charge in [-0.1, -0.05) is 39.5 Å². The molecule has 1 aliphatic carbocycles. The third-order valence-corrected chi connectivity index (χ3v) is 5.25. The number of carbonyl (C=O) groups excluding carboxylic acids is 1. The molecule has 0 atom stereocenters. The molecule has 1 aromatic heterocycles. The lowest BCUT2D eigenvalue weighted by molar-refractivity contribution is -0.121. The van der Waals surface area contributed by atoms with Crippen molar-refractivity contribution >= 4 is 17.2 Å². The Hall–Kier alpha value is -0.940. The maximum absolute atomic E-state index is 12.0. The molecule has 1 fully saturated rings. The lowest BCUT2D eigenvalue weighted by Crippen LogP contribution is -2.43. The highest BCUT2D eigenvalue weighted by Gasteiger charge is 2.28. The summed E-state index contributed by atoms with van der Waals surface area (Å²) < 4.78 is 0. The fourth-order valence-corrected chi connectivity index (χ4v) is 3.56. The summed E-state index contributed by atoms with van der Waals surface area (Å²) in [5.74, 6) is 0.354. The molecule has 0 radical (unpaired) electrons. The first-order chi connectivity index (χ1) is 9.98. The summed E-state index contributed by atoms with van der Waals surface area (Å²) in [5, 5.41) is 16.4. The normalized spacial score (nSPS) is 18.5. The van der Waals surface area contributed by atoms with E-state index in [0.717, 1.165) is 36.4 Å². The highest BCUT2D eigenvalue weighted by molar-refractivity contribution is 7.09. The topological polar surface area (TPSA) is 62.2 Å². The Morgan fingerprint density at radius 1 is 1.38 bits per heavy atom. The first-order valence-corrected chi connectivity index (χ1v) is 8.80. The van der Waals surface area contributed by atoms with Gasteiger partial charge in [0, 0.05) is 17.8 Å². The fraction of sp³-hybridized carbons (Fsp3) is 0.750. The highest BCUT2D eigenvalue weighted by Crippen LogP contribution is 2.26. The van der Waals surface area contributed by atoms with Crippen LogP contribution in [0.25, 0.3) is 0 Å². The maximum Gasteiger partial charge on any atom is 0.226 e. The highest BCUT2D eigenvalue weighted by atomic mass is 32.1. The van der Waals surface area contributed by atoms with Crippen LogP contribution in [-0.2, 0) is 11.2 Å². The zero-order valence-electron chi connectivity index (χ0n) is 13.0. The van der Waals surface area contributed by atoms with Crippen LogP contribution in [-0.4, -0.2) is 28.1 Å². The molecule has 0 unspecified atom stereocenters. The minimum Gasteiger partial charge on any atom is -0.388 e. The molecule has 4 nitrogen and oxygen atoms in total. The zero-order chi connectivity index (χ0) is 15.3. The molecule has 1 aliphatic rings. The van der Waals surface area contributed by atoms with Gasteiger partial charge in [-0.3, -0.25) is 4.79 Å².